The van der Waals surface area contributed by atoms with Crippen LogP contribution in [0.2, 0.25) is 0 Å². The standard InChI is InChI=1S/C18H22N4O/c23-18(16-7-8-17-20-12-21-22(17)11-16)19-10-13-5-6-14-3-1-2-4-15(14)9-13/h5-6,9,12,16H,1-4,7-8,10-11H2,(H,19,23). The molecule has 0 fully saturated rings. The first kappa shape index (κ1) is 14.4. The molecule has 0 bridgehead atoms. The van der Waals surface area contributed by atoms with Crippen LogP contribution in [0.3, 0.4) is 0 Å². The van der Waals surface area contributed by atoms with Crippen LogP contribution in [0.1, 0.15) is 41.8 Å². The Kier molecular flexibility index (Phi) is 3.85. The molecule has 1 aliphatic carbocycles. The second-order valence-electron chi connectivity index (χ2n) is 6.62. The van der Waals surface area contributed by atoms with Crippen molar-refractivity contribution in [3.8, 4) is 0 Å². The van der Waals surface area contributed by atoms with Gasteiger partial charge in [-0.25, -0.2) is 9.67 Å². The number of nitrogens with one attached hydrogen (secondary N) is 1. The zero-order chi connectivity index (χ0) is 15.6. The van der Waals surface area contributed by atoms with Crippen LogP contribution in [-0.2, 0) is 37.1 Å². The van der Waals surface area contributed by atoms with E-state index < -0.39 is 0 Å². The first-order valence-electron chi connectivity index (χ1n) is 8.54. The van der Waals surface area contributed by atoms with E-state index in [2.05, 4.69) is 33.6 Å². The minimum Gasteiger partial charge on any atom is -0.352 e. The van der Waals surface area contributed by atoms with Crippen LogP contribution in [0.15, 0.2) is 24.5 Å². The van der Waals surface area contributed by atoms with E-state index in [4.69, 9.17) is 0 Å². The van der Waals surface area contributed by atoms with Gasteiger partial charge in [-0.3, -0.25) is 4.79 Å². The van der Waals surface area contributed by atoms with Gasteiger partial charge in [0.2, 0.25) is 5.91 Å². The third kappa shape index (κ3) is 3.00. The Balaban J connectivity index is 1.37. The molecule has 2 heterocycles. The molecule has 4 rings (SSSR count). The van der Waals surface area contributed by atoms with E-state index in [9.17, 15) is 4.79 Å². The van der Waals surface area contributed by atoms with Gasteiger partial charge in [-0.15, -0.1) is 0 Å². The van der Waals surface area contributed by atoms with Crippen LogP contribution in [0, 0.1) is 5.92 Å². The minimum atomic E-state index is 0.00169. The van der Waals surface area contributed by atoms with E-state index in [-0.39, 0.29) is 11.8 Å². The Morgan fingerprint density at radius 3 is 3.00 bits per heavy atom. The maximum absolute atomic E-state index is 12.4. The topological polar surface area (TPSA) is 59.8 Å². The third-order valence-electron chi connectivity index (χ3n) is 5.06. The van der Waals surface area contributed by atoms with Crippen molar-refractivity contribution in [2.45, 2.75) is 51.6 Å². The van der Waals surface area contributed by atoms with Gasteiger partial charge in [0, 0.05) is 13.0 Å². The summed E-state index contributed by atoms with van der Waals surface area (Å²) in [5.74, 6) is 1.12. The predicted octanol–water partition coefficient (Wildman–Crippen LogP) is 2.04. The molecule has 5 heteroatoms. The molecule has 0 spiro atoms. The summed E-state index contributed by atoms with van der Waals surface area (Å²) in [6, 6.07) is 6.66. The molecule has 1 atom stereocenters. The lowest BCUT2D eigenvalue weighted by atomic mass is 9.90. The van der Waals surface area contributed by atoms with Gasteiger partial charge >= 0.3 is 0 Å². The van der Waals surface area contributed by atoms with Gasteiger partial charge in [-0.2, -0.15) is 5.10 Å². The number of fused-ring (bicyclic) bond motifs is 2. The second kappa shape index (κ2) is 6.14. The van der Waals surface area contributed by atoms with Gasteiger partial charge in [0.1, 0.15) is 12.2 Å². The minimum absolute atomic E-state index is 0.00169. The van der Waals surface area contributed by atoms with Crippen molar-refractivity contribution in [3.05, 3.63) is 47.0 Å². The number of aromatic nitrogens is 3. The van der Waals surface area contributed by atoms with Crippen LogP contribution in [-0.4, -0.2) is 20.7 Å². The fraction of sp³-hybridized carbons (Fsp3) is 0.500. The normalized spacial score (nSPS) is 19.7. The summed E-state index contributed by atoms with van der Waals surface area (Å²) in [5, 5.41) is 7.28. The van der Waals surface area contributed by atoms with Crippen LogP contribution in [0.25, 0.3) is 0 Å². The van der Waals surface area contributed by atoms with E-state index in [0.717, 1.165) is 18.7 Å². The highest BCUT2D eigenvalue weighted by atomic mass is 16.1. The molecule has 0 saturated carbocycles. The molecule has 1 unspecified atom stereocenters. The fourth-order valence-corrected chi connectivity index (χ4v) is 3.68. The summed E-state index contributed by atoms with van der Waals surface area (Å²) < 4.78 is 1.85. The molecule has 0 radical (unpaired) electrons. The summed E-state index contributed by atoms with van der Waals surface area (Å²) in [5.41, 5.74) is 4.15. The van der Waals surface area contributed by atoms with E-state index >= 15 is 0 Å². The highest BCUT2D eigenvalue weighted by molar-refractivity contribution is 5.78. The molecule has 2 aliphatic rings. The summed E-state index contributed by atoms with van der Waals surface area (Å²) >= 11 is 0. The number of amides is 1. The molecule has 1 aliphatic heterocycles. The first-order valence-corrected chi connectivity index (χ1v) is 8.54. The Bertz CT molecular complexity index is 722. The Labute approximate surface area is 136 Å². The van der Waals surface area contributed by atoms with Crippen LogP contribution in [0.5, 0.6) is 0 Å². The predicted molar refractivity (Wildman–Crippen MR) is 86.8 cm³/mol. The molecule has 5 nitrogen and oxygen atoms in total. The number of hydrogen-bond donors (Lipinski definition) is 1. The summed E-state index contributed by atoms with van der Waals surface area (Å²) in [6.45, 7) is 1.26. The lowest BCUT2D eigenvalue weighted by molar-refractivity contribution is -0.126. The fourth-order valence-electron chi connectivity index (χ4n) is 3.68. The highest BCUT2D eigenvalue weighted by Gasteiger charge is 2.25. The van der Waals surface area contributed by atoms with E-state index in [0.29, 0.717) is 13.1 Å². The average Bonchev–Trinajstić information content (AvgIpc) is 3.07. The van der Waals surface area contributed by atoms with E-state index in [1.54, 1.807) is 6.33 Å². The van der Waals surface area contributed by atoms with Gasteiger partial charge < -0.3 is 5.32 Å². The summed E-state index contributed by atoms with van der Waals surface area (Å²) in [7, 11) is 0. The van der Waals surface area contributed by atoms with Gasteiger partial charge in [-0.1, -0.05) is 18.2 Å². The number of carbonyl (C=O) groups is 1. The summed E-state index contributed by atoms with van der Waals surface area (Å²) in [6.07, 6.45) is 8.22. The zero-order valence-electron chi connectivity index (χ0n) is 13.3. The van der Waals surface area contributed by atoms with Crippen molar-refractivity contribution in [3.63, 3.8) is 0 Å². The number of carbonyl (C=O) groups excluding carboxylic acids is 1. The van der Waals surface area contributed by atoms with Crippen molar-refractivity contribution in [2.24, 2.45) is 5.92 Å². The molecule has 23 heavy (non-hydrogen) atoms. The Hall–Kier alpha value is -2.17. The zero-order valence-corrected chi connectivity index (χ0v) is 13.3. The lowest BCUT2D eigenvalue weighted by Crippen LogP contribution is -2.36. The Morgan fingerprint density at radius 1 is 1.22 bits per heavy atom. The molecule has 2 aromatic rings. The molecule has 1 aromatic heterocycles. The van der Waals surface area contributed by atoms with Crippen molar-refractivity contribution >= 4 is 5.91 Å². The van der Waals surface area contributed by atoms with E-state index in [1.807, 2.05) is 4.68 Å². The van der Waals surface area contributed by atoms with Crippen LogP contribution >= 0.6 is 0 Å². The molecule has 1 amide bonds. The monoisotopic (exact) mass is 310 g/mol. The summed E-state index contributed by atoms with van der Waals surface area (Å²) in [4.78, 5) is 16.6. The molecule has 1 N–H and O–H groups in total. The van der Waals surface area contributed by atoms with Crippen LogP contribution < -0.4 is 5.32 Å². The number of rotatable bonds is 3. The number of nitrogens with zero attached hydrogens (tertiary/aromatic N) is 3. The second-order valence-corrected chi connectivity index (χ2v) is 6.62. The van der Waals surface area contributed by atoms with E-state index in [1.165, 1.54) is 42.4 Å². The van der Waals surface area contributed by atoms with Crippen molar-refractivity contribution in [1.29, 1.82) is 0 Å². The number of aryl methyl sites for hydroxylation is 3. The van der Waals surface area contributed by atoms with Crippen LogP contribution in [0.4, 0.5) is 0 Å². The number of hydrogen-bond acceptors (Lipinski definition) is 3. The molecule has 0 saturated heterocycles. The first-order chi connectivity index (χ1) is 11.3. The molecular weight excluding hydrogens is 288 g/mol. The smallest absolute Gasteiger partial charge is 0.225 e. The van der Waals surface area contributed by atoms with Gasteiger partial charge in [-0.05, 0) is 48.8 Å². The molecular formula is C18H22N4O. The molecule has 1 aromatic carbocycles. The largest absolute Gasteiger partial charge is 0.352 e. The van der Waals surface area contributed by atoms with Gasteiger partial charge in [0.15, 0.2) is 0 Å². The van der Waals surface area contributed by atoms with Gasteiger partial charge in [0.25, 0.3) is 0 Å². The number of benzene rings is 1. The average molecular weight is 310 g/mol. The van der Waals surface area contributed by atoms with Crippen molar-refractivity contribution in [2.75, 3.05) is 0 Å². The van der Waals surface area contributed by atoms with Crippen molar-refractivity contribution < 1.29 is 4.79 Å². The third-order valence-corrected chi connectivity index (χ3v) is 5.06. The lowest BCUT2D eigenvalue weighted by Gasteiger charge is -2.22. The quantitative estimate of drug-likeness (QED) is 0.944. The maximum atomic E-state index is 12.4. The van der Waals surface area contributed by atoms with Crippen molar-refractivity contribution in [1.82, 2.24) is 20.1 Å². The Morgan fingerprint density at radius 2 is 2.09 bits per heavy atom. The SMILES string of the molecule is O=C(NCc1ccc2c(c1)CCCC2)C1CCc2ncnn2C1. The van der Waals surface area contributed by atoms with Gasteiger partial charge in [0.05, 0.1) is 12.5 Å². The highest BCUT2D eigenvalue weighted by Crippen LogP contribution is 2.22. The maximum Gasteiger partial charge on any atom is 0.225 e. The molecule has 120 valence electrons.